The molecule has 5 N–H and O–H groups in total. The SMILES string of the molecule is NC(=NC1=Cc2ccccc2NC1)C1(CCCCCN2CCC(N)C2)C=CC=CC1=O. The van der Waals surface area contributed by atoms with E-state index in [0.717, 1.165) is 62.3 Å². The number of nitrogens with one attached hydrogen (secondary N) is 1. The largest absolute Gasteiger partial charge is 0.386 e. The van der Waals surface area contributed by atoms with Gasteiger partial charge in [0.1, 0.15) is 11.3 Å². The third kappa shape index (κ3) is 4.97. The number of amidine groups is 1. The lowest BCUT2D eigenvalue weighted by Gasteiger charge is -2.30. The van der Waals surface area contributed by atoms with Gasteiger partial charge in [0.05, 0.1) is 12.2 Å². The second-order valence-electron chi connectivity index (χ2n) is 8.79. The summed E-state index contributed by atoms with van der Waals surface area (Å²) in [5.41, 5.74) is 14.7. The number of nitrogens with zero attached hydrogens (tertiary/aromatic N) is 2. The van der Waals surface area contributed by atoms with Crippen molar-refractivity contribution in [3.8, 4) is 0 Å². The van der Waals surface area contributed by atoms with Crippen molar-refractivity contribution >= 4 is 23.4 Å². The lowest BCUT2D eigenvalue weighted by molar-refractivity contribution is -0.119. The molecule has 164 valence electrons. The van der Waals surface area contributed by atoms with Gasteiger partial charge < -0.3 is 21.7 Å². The highest BCUT2D eigenvalue weighted by Gasteiger charge is 2.39. The molecule has 6 nitrogen and oxygen atoms in total. The molecule has 1 aromatic rings. The number of para-hydroxylation sites is 1. The van der Waals surface area contributed by atoms with Crippen molar-refractivity contribution in [3.63, 3.8) is 0 Å². The Kier molecular flexibility index (Phi) is 6.68. The van der Waals surface area contributed by atoms with Crippen LogP contribution in [-0.4, -0.2) is 48.7 Å². The van der Waals surface area contributed by atoms with Crippen LogP contribution in [0.15, 0.2) is 59.3 Å². The van der Waals surface area contributed by atoms with E-state index in [9.17, 15) is 4.79 Å². The highest BCUT2D eigenvalue weighted by atomic mass is 16.1. The number of allylic oxidation sites excluding steroid dienone is 3. The van der Waals surface area contributed by atoms with E-state index in [0.29, 0.717) is 24.8 Å². The van der Waals surface area contributed by atoms with Crippen molar-refractivity contribution in [1.29, 1.82) is 0 Å². The monoisotopic (exact) mass is 419 g/mol. The normalized spacial score (nSPS) is 26.0. The van der Waals surface area contributed by atoms with Crippen molar-refractivity contribution in [2.45, 2.75) is 38.1 Å². The van der Waals surface area contributed by atoms with E-state index >= 15 is 0 Å². The van der Waals surface area contributed by atoms with Crippen LogP contribution in [0.2, 0.25) is 0 Å². The fourth-order valence-electron chi connectivity index (χ4n) is 4.65. The summed E-state index contributed by atoms with van der Waals surface area (Å²) in [5, 5.41) is 3.37. The van der Waals surface area contributed by atoms with E-state index in [2.05, 4.69) is 10.2 Å². The summed E-state index contributed by atoms with van der Waals surface area (Å²) < 4.78 is 0. The molecule has 1 aromatic carbocycles. The number of anilines is 1. The summed E-state index contributed by atoms with van der Waals surface area (Å²) >= 11 is 0. The van der Waals surface area contributed by atoms with Gasteiger partial charge in [-0.05, 0) is 56.1 Å². The Morgan fingerprint density at radius 2 is 2.10 bits per heavy atom. The fourth-order valence-corrected chi connectivity index (χ4v) is 4.65. The Hall–Kier alpha value is -2.70. The predicted molar refractivity (Wildman–Crippen MR) is 128 cm³/mol. The molecular formula is C25H33N5O. The predicted octanol–water partition coefficient (Wildman–Crippen LogP) is 3.09. The number of carbonyl (C=O) groups is 1. The molecule has 0 bridgehead atoms. The number of nitrogens with two attached hydrogens (primary N) is 2. The molecule has 1 fully saturated rings. The van der Waals surface area contributed by atoms with Crippen LogP contribution >= 0.6 is 0 Å². The number of hydrogen-bond donors (Lipinski definition) is 3. The first-order valence-electron chi connectivity index (χ1n) is 11.3. The maximum absolute atomic E-state index is 13.0. The molecule has 2 heterocycles. The molecule has 0 spiro atoms. The minimum Gasteiger partial charge on any atom is -0.386 e. The first kappa shape index (κ1) is 21.5. The van der Waals surface area contributed by atoms with Crippen LogP contribution in [0.4, 0.5) is 5.69 Å². The number of hydrogen-bond acceptors (Lipinski definition) is 5. The van der Waals surface area contributed by atoms with Gasteiger partial charge in [-0.2, -0.15) is 0 Å². The van der Waals surface area contributed by atoms with Crippen LogP contribution in [0.1, 0.15) is 37.7 Å². The van der Waals surface area contributed by atoms with E-state index in [1.54, 1.807) is 12.2 Å². The summed E-state index contributed by atoms with van der Waals surface area (Å²) in [6.07, 6.45) is 14.2. The molecule has 4 rings (SSSR count). The number of carbonyl (C=O) groups excluding carboxylic acids is 1. The van der Waals surface area contributed by atoms with Gasteiger partial charge in [-0.25, -0.2) is 4.99 Å². The molecule has 1 saturated heterocycles. The van der Waals surface area contributed by atoms with E-state index < -0.39 is 5.41 Å². The minimum atomic E-state index is -0.845. The first-order chi connectivity index (χ1) is 15.1. The molecule has 0 saturated carbocycles. The summed E-state index contributed by atoms with van der Waals surface area (Å²) in [6, 6.07) is 8.43. The summed E-state index contributed by atoms with van der Waals surface area (Å²) in [6.45, 7) is 3.77. The van der Waals surface area contributed by atoms with Gasteiger partial charge in [0.2, 0.25) is 0 Å². The smallest absolute Gasteiger partial charge is 0.173 e. The zero-order valence-corrected chi connectivity index (χ0v) is 18.1. The minimum absolute atomic E-state index is 0.0199. The van der Waals surface area contributed by atoms with Crippen molar-refractivity contribution in [2.24, 2.45) is 21.9 Å². The Bertz CT molecular complexity index is 932. The van der Waals surface area contributed by atoms with Crippen molar-refractivity contribution in [2.75, 3.05) is 31.5 Å². The highest BCUT2D eigenvalue weighted by Crippen LogP contribution is 2.33. The zero-order valence-electron chi connectivity index (χ0n) is 18.1. The van der Waals surface area contributed by atoms with Gasteiger partial charge in [0.25, 0.3) is 0 Å². The maximum Gasteiger partial charge on any atom is 0.173 e. The third-order valence-corrected chi connectivity index (χ3v) is 6.50. The Balaban J connectivity index is 1.42. The molecule has 0 amide bonds. The number of likely N-dealkylation sites (tertiary alicyclic amines) is 1. The molecule has 2 atom stereocenters. The molecular weight excluding hydrogens is 386 g/mol. The molecule has 1 aliphatic carbocycles. The number of ketones is 1. The number of fused-ring (bicyclic) bond motifs is 1. The first-order valence-corrected chi connectivity index (χ1v) is 11.3. The number of benzene rings is 1. The second-order valence-corrected chi connectivity index (χ2v) is 8.79. The van der Waals surface area contributed by atoms with Crippen molar-refractivity contribution in [3.05, 3.63) is 59.8 Å². The Labute approximate surface area is 184 Å². The van der Waals surface area contributed by atoms with E-state index in [-0.39, 0.29) is 5.78 Å². The average molecular weight is 420 g/mol. The quantitative estimate of drug-likeness (QED) is 0.342. The van der Waals surface area contributed by atoms with Crippen LogP contribution in [0.5, 0.6) is 0 Å². The Morgan fingerprint density at radius 3 is 2.90 bits per heavy atom. The molecule has 2 unspecified atom stereocenters. The van der Waals surface area contributed by atoms with E-state index in [4.69, 9.17) is 16.5 Å². The topological polar surface area (TPSA) is 96.7 Å². The number of unbranched alkanes of at least 4 members (excludes halogenated alkanes) is 2. The lowest BCUT2D eigenvalue weighted by atomic mass is 9.75. The fraction of sp³-hybridized carbons (Fsp3) is 0.440. The van der Waals surface area contributed by atoms with Gasteiger partial charge in [-0.3, -0.25) is 4.79 Å². The number of aliphatic imine (C=N–C) groups is 1. The van der Waals surface area contributed by atoms with Crippen LogP contribution in [-0.2, 0) is 4.79 Å². The second kappa shape index (κ2) is 9.62. The van der Waals surface area contributed by atoms with Crippen LogP contribution in [0, 0.1) is 5.41 Å². The zero-order chi connectivity index (χ0) is 21.7. The molecule has 0 aromatic heterocycles. The molecule has 31 heavy (non-hydrogen) atoms. The molecule has 2 aliphatic heterocycles. The average Bonchev–Trinajstić information content (AvgIpc) is 3.19. The van der Waals surface area contributed by atoms with Crippen LogP contribution in [0.25, 0.3) is 6.08 Å². The molecule has 0 radical (unpaired) electrons. The van der Waals surface area contributed by atoms with E-state index in [1.165, 1.54) is 0 Å². The van der Waals surface area contributed by atoms with Crippen LogP contribution in [0.3, 0.4) is 0 Å². The van der Waals surface area contributed by atoms with Gasteiger partial charge in [-0.15, -0.1) is 0 Å². The summed E-state index contributed by atoms with van der Waals surface area (Å²) in [5.74, 6) is 0.405. The highest BCUT2D eigenvalue weighted by molar-refractivity contribution is 6.15. The molecule has 3 aliphatic rings. The van der Waals surface area contributed by atoms with E-state index in [1.807, 2.05) is 42.5 Å². The standard InChI is InChI=1S/C25H33N5O/c26-20-11-15-30(18-20)14-7-1-5-12-25(13-6-4-10-23(25)31)24(27)29-21-16-19-8-2-3-9-22(19)28-17-21/h2-4,6,8-10,13,16,20,28H,1,5,7,11-12,14-15,17-18,26H2,(H2,27,29). The summed E-state index contributed by atoms with van der Waals surface area (Å²) in [4.78, 5) is 20.1. The van der Waals surface area contributed by atoms with Crippen molar-refractivity contribution < 1.29 is 4.79 Å². The van der Waals surface area contributed by atoms with Crippen molar-refractivity contribution in [1.82, 2.24) is 4.90 Å². The van der Waals surface area contributed by atoms with Gasteiger partial charge >= 0.3 is 0 Å². The maximum atomic E-state index is 13.0. The molecule has 6 heteroatoms. The lowest BCUT2D eigenvalue weighted by Crippen LogP contribution is -2.43. The number of rotatable bonds is 8. The van der Waals surface area contributed by atoms with Gasteiger partial charge in [-0.1, -0.05) is 49.3 Å². The van der Waals surface area contributed by atoms with Crippen LogP contribution < -0.4 is 16.8 Å². The van der Waals surface area contributed by atoms with Gasteiger partial charge in [0.15, 0.2) is 5.78 Å². The third-order valence-electron chi connectivity index (χ3n) is 6.50. The Morgan fingerprint density at radius 1 is 1.23 bits per heavy atom. The van der Waals surface area contributed by atoms with Gasteiger partial charge in [0, 0.05) is 18.3 Å². The summed E-state index contributed by atoms with van der Waals surface area (Å²) in [7, 11) is 0.